The van der Waals surface area contributed by atoms with Gasteiger partial charge in [0.15, 0.2) is 0 Å². The van der Waals surface area contributed by atoms with Crippen molar-refractivity contribution >= 4 is 35.2 Å². The third-order valence-electron chi connectivity index (χ3n) is 3.88. The maximum atomic E-state index is 12.1. The molecule has 0 saturated heterocycles. The highest BCUT2D eigenvalue weighted by Gasteiger charge is 2.11. The highest BCUT2D eigenvalue weighted by atomic mass is 32.1. The van der Waals surface area contributed by atoms with E-state index in [4.69, 9.17) is 4.74 Å². The molecule has 0 fully saturated rings. The van der Waals surface area contributed by atoms with Gasteiger partial charge in [-0.25, -0.2) is 9.78 Å². The first-order valence-electron chi connectivity index (χ1n) is 8.55. The number of carbonyl (C=O) groups excluding carboxylic acids is 3. The van der Waals surface area contributed by atoms with Crippen molar-refractivity contribution < 1.29 is 19.1 Å². The van der Waals surface area contributed by atoms with Gasteiger partial charge in [0.1, 0.15) is 17.9 Å². The van der Waals surface area contributed by atoms with Gasteiger partial charge in [-0.15, -0.1) is 11.3 Å². The van der Waals surface area contributed by atoms with Gasteiger partial charge in [-0.3, -0.25) is 9.59 Å². The summed E-state index contributed by atoms with van der Waals surface area (Å²) in [6.07, 6.45) is 0.862. The van der Waals surface area contributed by atoms with Gasteiger partial charge in [-0.2, -0.15) is 0 Å². The predicted octanol–water partition coefficient (Wildman–Crippen LogP) is 3.80. The summed E-state index contributed by atoms with van der Waals surface area (Å²) < 4.78 is 5.23. The van der Waals surface area contributed by atoms with Crippen LogP contribution in [-0.4, -0.2) is 23.1 Å². The van der Waals surface area contributed by atoms with Gasteiger partial charge < -0.3 is 10.1 Å². The second kappa shape index (κ2) is 9.05. The van der Waals surface area contributed by atoms with Crippen molar-refractivity contribution in [1.29, 1.82) is 0 Å². The molecule has 1 aromatic heterocycles. The second-order valence-electron chi connectivity index (χ2n) is 6.14. The first-order chi connectivity index (χ1) is 13.5. The third kappa shape index (κ3) is 5.34. The van der Waals surface area contributed by atoms with E-state index in [1.165, 1.54) is 23.5 Å². The number of aryl methyl sites for hydroxylation is 1. The Hall–Kier alpha value is -3.32. The molecule has 0 spiro atoms. The Kier molecular flexibility index (Phi) is 6.29. The van der Waals surface area contributed by atoms with Gasteiger partial charge in [0, 0.05) is 16.6 Å². The Morgan fingerprint density at radius 1 is 1.11 bits per heavy atom. The smallest absolute Gasteiger partial charge is 0.338 e. The number of aromatic nitrogens is 1. The molecule has 1 heterocycles. The number of ether oxygens (including phenoxy) is 1. The van der Waals surface area contributed by atoms with Crippen LogP contribution in [0.25, 0.3) is 0 Å². The lowest BCUT2D eigenvalue weighted by atomic mass is 10.1. The zero-order chi connectivity index (χ0) is 19.9. The van der Waals surface area contributed by atoms with E-state index in [2.05, 4.69) is 10.3 Å². The normalized spacial score (nSPS) is 10.3. The van der Waals surface area contributed by atoms with Crippen molar-refractivity contribution in [2.75, 3.05) is 5.32 Å². The number of anilines is 1. The van der Waals surface area contributed by atoms with Crippen LogP contribution in [-0.2, 0) is 22.6 Å². The van der Waals surface area contributed by atoms with Crippen LogP contribution >= 0.6 is 11.3 Å². The second-order valence-corrected chi connectivity index (χ2v) is 7.08. The number of hydrogen-bond acceptors (Lipinski definition) is 6. The molecular weight excluding hydrogens is 376 g/mol. The summed E-state index contributed by atoms with van der Waals surface area (Å²) in [5, 5.41) is 5.23. The van der Waals surface area contributed by atoms with Gasteiger partial charge in [-0.05, 0) is 31.2 Å². The fourth-order valence-electron chi connectivity index (χ4n) is 2.40. The maximum absolute atomic E-state index is 12.1. The van der Waals surface area contributed by atoms with Crippen molar-refractivity contribution in [3.05, 3.63) is 81.3 Å². The van der Waals surface area contributed by atoms with Gasteiger partial charge in [0.05, 0.1) is 17.7 Å². The molecule has 28 heavy (non-hydrogen) atoms. The first-order valence-corrected chi connectivity index (χ1v) is 9.43. The Bertz CT molecular complexity index is 978. The fourth-order valence-corrected chi connectivity index (χ4v) is 3.17. The molecule has 0 aliphatic carbocycles. The molecule has 1 N–H and O–H groups in total. The van der Waals surface area contributed by atoms with Crippen molar-refractivity contribution in [2.45, 2.75) is 20.0 Å². The molecular formula is C21H18N2O4S. The minimum absolute atomic E-state index is 0.0182. The summed E-state index contributed by atoms with van der Waals surface area (Å²) >= 11 is 1.34. The van der Waals surface area contributed by atoms with Crippen LogP contribution < -0.4 is 5.32 Å². The lowest BCUT2D eigenvalue weighted by molar-refractivity contribution is -0.115. The molecule has 1 amide bonds. The van der Waals surface area contributed by atoms with Crippen LogP contribution in [0, 0.1) is 6.92 Å². The number of benzene rings is 2. The highest BCUT2D eigenvalue weighted by molar-refractivity contribution is 7.09. The molecule has 142 valence electrons. The predicted molar refractivity (Wildman–Crippen MR) is 107 cm³/mol. The quantitative estimate of drug-likeness (QED) is 0.487. The van der Waals surface area contributed by atoms with E-state index in [1.807, 2.05) is 31.2 Å². The molecule has 3 aromatic rings. The SMILES string of the molecule is Cc1ccc(NC(=O)Cc2nc(COC(=O)c3ccc(C=O)cc3)cs2)cc1. The maximum Gasteiger partial charge on any atom is 0.338 e. The largest absolute Gasteiger partial charge is 0.456 e. The summed E-state index contributed by atoms with van der Waals surface area (Å²) in [4.78, 5) is 39.1. The van der Waals surface area contributed by atoms with E-state index in [0.29, 0.717) is 28.1 Å². The number of aldehydes is 1. The summed E-state index contributed by atoms with van der Waals surface area (Å²) in [5.41, 5.74) is 3.29. The molecule has 0 bridgehead atoms. The van der Waals surface area contributed by atoms with E-state index < -0.39 is 5.97 Å². The minimum atomic E-state index is -0.496. The van der Waals surface area contributed by atoms with Crippen LogP contribution in [0.1, 0.15) is 37.0 Å². The highest BCUT2D eigenvalue weighted by Crippen LogP contribution is 2.14. The van der Waals surface area contributed by atoms with Crippen LogP contribution in [0.2, 0.25) is 0 Å². The van der Waals surface area contributed by atoms with E-state index in [9.17, 15) is 14.4 Å². The molecule has 0 unspecified atom stereocenters. The summed E-state index contributed by atoms with van der Waals surface area (Å²) in [7, 11) is 0. The summed E-state index contributed by atoms with van der Waals surface area (Å²) in [6, 6.07) is 13.7. The van der Waals surface area contributed by atoms with Crippen LogP contribution in [0.3, 0.4) is 0 Å². The Morgan fingerprint density at radius 2 is 1.82 bits per heavy atom. The number of thiazole rings is 1. The molecule has 6 nitrogen and oxygen atoms in total. The average molecular weight is 394 g/mol. The fraction of sp³-hybridized carbons (Fsp3) is 0.143. The molecule has 0 atom stereocenters. The Morgan fingerprint density at radius 3 is 2.50 bits per heavy atom. The molecule has 0 aliphatic rings. The van der Waals surface area contributed by atoms with E-state index >= 15 is 0 Å². The van der Waals surface area contributed by atoms with E-state index in [0.717, 1.165) is 11.3 Å². The number of amides is 1. The topological polar surface area (TPSA) is 85.4 Å². The molecule has 2 aromatic carbocycles. The van der Waals surface area contributed by atoms with Crippen LogP contribution in [0.4, 0.5) is 5.69 Å². The number of carbonyl (C=O) groups is 3. The summed E-state index contributed by atoms with van der Waals surface area (Å²) in [6.45, 7) is 2.00. The number of nitrogens with zero attached hydrogens (tertiary/aromatic N) is 1. The lowest BCUT2D eigenvalue weighted by Gasteiger charge is -2.04. The van der Waals surface area contributed by atoms with E-state index in [1.54, 1.807) is 17.5 Å². The zero-order valence-electron chi connectivity index (χ0n) is 15.2. The lowest BCUT2D eigenvalue weighted by Crippen LogP contribution is -2.14. The molecule has 0 saturated carbocycles. The standard InChI is InChI=1S/C21H18N2O4S/c1-14-2-8-17(9-3-14)22-19(25)10-20-23-18(13-28-20)12-27-21(26)16-6-4-15(11-24)5-7-16/h2-9,11,13H,10,12H2,1H3,(H,22,25). The molecule has 0 radical (unpaired) electrons. The number of rotatable bonds is 7. The summed E-state index contributed by atoms with van der Waals surface area (Å²) in [5.74, 6) is -0.652. The van der Waals surface area contributed by atoms with Gasteiger partial charge >= 0.3 is 5.97 Å². The Labute approximate surface area is 166 Å². The molecule has 7 heteroatoms. The van der Waals surface area contributed by atoms with Crippen molar-refractivity contribution in [3.8, 4) is 0 Å². The molecule has 0 aliphatic heterocycles. The number of nitrogens with one attached hydrogen (secondary N) is 1. The van der Waals surface area contributed by atoms with Crippen molar-refractivity contribution in [2.24, 2.45) is 0 Å². The van der Waals surface area contributed by atoms with Crippen molar-refractivity contribution in [3.63, 3.8) is 0 Å². The van der Waals surface area contributed by atoms with Crippen molar-refractivity contribution in [1.82, 2.24) is 4.98 Å². The monoisotopic (exact) mass is 394 g/mol. The van der Waals surface area contributed by atoms with Crippen LogP contribution in [0.15, 0.2) is 53.9 Å². The van der Waals surface area contributed by atoms with Gasteiger partial charge in [0.25, 0.3) is 0 Å². The number of hydrogen-bond donors (Lipinski definition) is 1. The third-order valence-corrected chi connectivity index (χ3v) is 4.78. The first kappa shape index (κ1) is 19.4. The van der Waals surface area contributed by atoms with Gasteiger partial charge in [-0.1, -0.05) is 29.8 Å². The zero-order valence-corrected chi connectivity index (χ0v) is 16.0. The minimum Gasteiger partial charge on any atom is -0.456 e. The van der Waals surface area contributed by atoms with Gasteiger partial charge in [0.2, 0.25) is 5.91 Å². The average Bonchev–Trinajstić information content (AvgIpc) is 3.15. The van der Waals surface area contributed by atoms with Crippen LogP contribution in [0.5, 0.6) is 0 Å². The van der Waals surface area contributed by atoms with E-state index in [-0.39, 0.29) is 18.9 Å². The number of esters is 1. The molecule has 3 rings (SSSR count). The Balaban J connectivity index is 1.50.